The fraction of sp³-hybridized carbons (Fsp3) is 0.235. The molecule has 1 N–H and O–H groups in total. The molecule has 2 amide bonds. The molecule has 0 radical (unpaired) electrons. The summed E-state index contributed by atoms with van der Waals surface area (Å²) in [5.41, 5.74) is 1.10. The summed E-state index contributed by atoms with van der Waals surface area (Å²) >= 11 is 12.3. The zero-order valence-electron chi connectivity index (χ0n) is 24.7. The van der Waals surface area contributed by atoms with Gasteiger partial charge in [-0.05, 0) is 60.5 Å². The Balaban J connectivity index is 1.80. The second-order valence-electron chi connectivity index (χ2n) is 10.4. The number of carbonyl (C=O) groups is 2. The maximum atomic E-state index is 15.0. The molecule has 0 aliphatic heterocycles. The molecule has 0 spiro atoms. The molecule has 0 heterocycles. The maximum absolute atomic E-state index is 15.0. The van der Waals surface area contributed by atoms with E-state index in [9.17, 15) is 22.4 Å². The molecular weight excluding hydrogens is 636 g/mol. The van der Waals surface area contributed by atoms with Crippen LogP contribution in [0.25, 0.3) is 0 Å². The zero-order chi connectivity index (χ0) is 32.4. The number of carbonyl (C=O) groups excluding carboxylic acids is 2. The topological polar surface area (TPSA) is 86.8 Å². The molecule has 0 fully saturated rings. The Labute approximate surface area is 273 Å². The molecule has 4 aromatic carbocycles. The molecule has 11 heteroatoms. The van der Waals surface area contributed by atoms with Gasteiger partial charge >= 0.3 is 0 Å². The van der Waals surface area contributed by atoms with Gasteiger partial charge in [-0.1, -0.05) is 91.1 Å². The van der Waals surface area contributed by atoms with Crippen LogP contribution >= 0.6 is 23.2 Å². The first-order chi connectivity index (χ1) is 21.6. The third-order valence-electron chi connectivity index (χ3n) is 7.18. The van der Waals surface area contributed by atoms with Crippen molar-refractivity contribution in [3.8, 4) is 0 Å². The molecule has 0 saturated heterocycles. The molecule has 7 nitrogen and oxygen atoms in total. The number of benzene rings is 4. The minimum absolute atomic E-state index is 0.0986. The van der Waals surface area contributed by atoms with Crippen LogP contribution in [0.1, 0.15) is 30.9 Å². The second-order valence-corrected chi connectivity index (χ2v) is 13.1. The first-order valence-electron chi connectivity index (χ1n) is 14.5. The molecule has 236 valence electrons. The van der Waals surface area contributed by atoms with Crippen LogP contribution in [0.4, 0.5) is 10.1 Å². The smallest absolute Gasteiger partial charge is 0.264 e. The zero-order valence-corrected chi connectivity index (χ0v) is 27.0. The lowest BCUT2D eigenvalue weighted by atomic mass is 10.0. The number of amides is 2. The van der Waals surface area contributed by atoms with Gasteiger partial charge < -0.3 is 10.2 Å². The van der Waals surface area contributed by atoms with Crippen molar-refractivity contribution < 1.29 is 22.4 Å². The molecule has 4 aromatic rings. The summed E-state index contributed by atoms with van der Waals surface area (Å²) in [5.74, 6) is -1.69. The van der Waals surface area contributed by atoms with Gasteiger partial charge in [0.25, 0.3) is 10.0 Å². The predicted octanol–water partition coefficient (Wildman–Crippen LogP) is 6.88. The number of nitrogens with one attached hydrogen (secondary N) is 1. The maximum Gasteiger partial charge on any atom is 0.264 e. The highest BCUT2D eigenvalue weighted by Crippen LogP contribution is 2.28. The van der Waals surface area contributed by atoms with E-state index in [2.05, 4.69) is 5.32 Å². The third-order valence-corrected chi connectivity index (χ3v) is 9.45. The van der Waals surface area contributed by atoms with Gasteiger partial charge in [-0.25, -0.2) is 12.8 Å². The fourth-order valence-electron chi connectivity index (χ4n) is 4.76. The number of halogens is 3. The summed E-state index contributed by atoms with van der Waals surface area (Å²) in [6.07, 6.45) is 1.70. The Bertz CT molecular complexity index is 1710. The summed E-state index contributed by atoms with van der Waals surface area (Å²) in [5, 5.41) is 3.51. The summed E-state index contributed by atoms with van der Waals surface area (Å²) in [6.45, 7) is 1.43. The summed E-state index contributed by atoms with van der Waals surface area (Å²) in [7, 11) is -4.33. The Morgan fingerprint density at radius 3 is 2.22 bits per heavy atom. The van der Waals surface area contributed by atoms with Crippen LogP contribution in [0.2, 0.25) is 10.0 Å². The lowest BCUT2D eigenvalue weighted by Gasteiger charge is -2.34. The largest absolute Gasteiger partial charge is 0.354 e. The van der Waals surface area contributed by atoms with E-state index in [-0.39, 0.29) is 34.1 Å². The lowest BCUT2D eigenvalue weighted by molar-refractivity contribution is -0.140. The van der Waals surface area contributed by atoms with E-state index in [1.807, 2.05) is 37.3 Å². The average molecular weight is 671 g/mol. The van der Waals surface area contributed by atoms with Gasteiger partial charge in [0, 0.05) is 35.1 Å². The van der Waals surface area contributed by atoms with Gasteiger partial charge in [-0.15, -0.1) is 0 Å². The molecule has 1 unspecified atom stereocenters. The van der Waals surface area contributed by atoms with Crippen LogP contribution in [0, 0.1) is 5.82 Å². The quantitative estimate of drug-likeness (QED) is 0.148. The van der Waals surface area contributed by atoms with Gasteiger partial charge in [-0.3, -0.25) is 13.9 Å². The van der Waals surface area contributed by atoms with Gasteiger partial charge in [0.1, 0.15) is 18.4 Å². The van der Waals surface area contributed by atoms with E-state index in [0.717, 1.165) is 22.7 Å². The van der Waals surface area contributed by atoms with E-state index in [1.54, 1.807) is 18.2 Å². The number of rotatable bonds is 14. The number of hydrogen-bond donors (Lipinski definition) is 1. The third kappa shape index (κ3) is 9.06. The second kappa shape index (κ2) is 15.9. The standard InChI is InChI=1S/C34H34Cl2FN3O4S/c1-2-3-20-38-34(42)32(21-25-10-5-4-6-11-25)39(23-26-12-7-8-15-31(26)37)33(41)24-40(29-14-9-13-28(36)22-29)45(43,44)30-18-16-27(35)17-19-30/h4-19,22,32H,2-3,20-21,23-24H2,1H3,(H,38,42). The fourth-order valence-corrected chi connectivity index (χ4v) is 6.48. The van der Waals surface area contributed by atoms with Crippen molar-refractivity contribution in [3.05, 3.63) is 130 Å². The van der Waals surface area contributed by atoms with Crippen LogP contribution in [-0.4, -0.2) is 44.3 Å². The summed E-state index contributed by atoms with van der Waals surface area (Å²) in [6, 6.07) is 25.7. The summed E-state index contributed by atoms with van der Waals surface area (Å²) < 4.78 is 44.0. The van der Waals surface area contributed by atoms with E-state index in [0.29, 0.717) is 11.6 Å². The Morgan fingerprint density at radius 2 is 1.56 bits per heavy atom. The Kier molecular flexibility index (Phi) is 12.0. The summed E-state index contributed by atoms with van der Waals surface area (Å²) in [4.78, 5) is 29.3. The first-order valence-corrected chi connectivity index (χ1v) is 16.7. The van der Waals surface area contributed by atoms with Crippen LogP contribution in [0.3, 0.4) is 0 Å². The highest BCUT2D eigenvalue weighted by molar-refractivity contribution is 7.92. The first kappa shape index (κ1) is 34.0. The number of anilines is 1. The monoisotopic (exact) mass is 669 g/mol. The molecule has 0 saturated carbocycles. The molecule has 0 aliphatic rings. The van der Waals surface area contributed by atoms with Crippen molar-refractivity contribution in [2.75, 3.05) is 17.4 Å². The molecule has 0 aromatic heterocycles. The highest BCUT2D eigenvalue weighted by Gasteiger charge is 2.35. The van der Waals surface area contributed by atoms with Crippen LogP contribution < -0.4 is 9.62 Å². The Morgan fingerprint density at radius 1 is 0.867 bits per heavy atom. The average Bonchev–Trinajstić information content (AvgIpc) is 3.03. The normalized spacial score (nSPS) is 11.9. The van der Waals surface area contributed by atoms with E-state index >= 15 is 0 Å². The van der Waals surface area contributed by atoms with Crippen molar-refractivity contribution in [2.45, 2.75) is 43.7 Å². The van der Waals surface area contributed by atoms with E-state index in [4.69, 9.17) is 23.2 Å². The SMILES string of the molecule is CCCCNC(=O)C(Cc1ccccc1)N(Cc1ccccc1F)C(=O)CN(c1cccc(Cl)c1)S(=O)(=O)c1ccc(Cl)cc1. The van der Waals surface area contributed by atoms with Crippen molar-refractivity contribution in [2.24, 2.45) is 0 Å². The highest BCUT2D eigenvalue weighted by atomic mass is 35.5. The van der Waals surface area contributed by atoms with Crippen molar-refractivity contribution in [1.29, 1.82) is 0 Å². The van der Waals surface area contributed by atoms with Crippen molar-refractivity contribution >= 4 is 50.7 Å². The van der Waals surface area contributed by atoms with Crippen LogP contribution in [0.5, 0.6) is 0 Å². The Hall–Kier alpha value is -3.92. The number of hydrogen-bond acceptors (Lipinski definition) is 4. The van der Waals surface area contributed by atoms with Crippen molar-refractivity contribution in [3.63, 3.8) is 0 Å². The van der Waals surface area contributed by atoms with Gasteiger partial charge in [0.05, 0.1) is 10.6 Å². The number of sulfonamides is 1. The molecule has 0 bridgehead atoms. The number of nitrogens with zero attached hydrogens (tertiary/aromatic N) is 2. The molecular formula is C34H34Cl2FN3O4S. The van der Waals surface area contributed by atoms with Crippen LogP contribution in [0.15, 0.2) is 108 Å². The lowest BCUT2D eigenvalue weighted by Crippen LogP contribution is -2.53. The van der Waals surface area contributed by atoms with E-state index < -0.39 is 40.2 Å². The number of unbranched alkanes of at least 4 members (excludes halogenated alkanes) is 1. The predicted molar refractivity (Wildman–Crippen MR) is 176 cm³/mol. The molecule has 0 aliphatic carbocycles. The molecule has 45 heavy (non-hydrogen) atoms. The molecule has 1 atom stereocenters. The minimum Gasteiger partial charge on any atom is -0.354 e. The van der Waals surface area contributed by atoms with Crippen LogP contribution in [-0.2, 0) is 32.6 Å². The minimum atomic E-state index is -4.33. The van der Waals surface area contributed by atoms with Gasteiger partial charge in [0.15, 0.2) is 0 Å². The van der Waals surface area contributed by atoms with Crippen molar-refractivity contribution in [1.82, 2.24) is 10.2 Å². The molecule has 4 rings (SSSR count). The van der Waals surface area contributed by atoms with Gasteiger partial charge in [0.2, 0.25) is 11.8 Å². The van der Waals surface area contributed by atoms with E-state index in [1.165, 1.54) is 59.5 Å². The van der Waals surface area contributed by atoms with Gasteiger partial charge in [-0.2, -0.15) is 0 Å².